The van der Waals surface area contributed by atoms with Gasteiger partial charge in [-0.2, -0.15) is 8.42 Å². The zero-order chi connectivity index (χ0) is 13.3. The van der Waals surface area contributed by atoms with Crippen molar-refractivity contribution < 1.29 is 26.4 Å². The Morgan fingerprint density at radius 2 is 1.72 bits per heavy atom. The molecule has 2 rings (SSSR count). The van der Waals surface area contributed by atoms with Gasteiger partial charge in [0.05, 0.1) is 5.56 Å². The van der Waals surface area contributed by atoms with Crippen molar-refractivity contribution in [2.45, 2.75) is 0 Å². The number of halogens is 1. The molecule has 0 aliphatic heterocycles. The number of carboxylic acids is 1. The lowest BCUT2D eigenvalue weighted by molar-refractivity contribution is 0.0697. The summed E-state index contributed by atoms with van der Waals surface area (Å²) >= 11 is 0. The molecule has 0 radical (unpaired) electrons. The third kappa shape index (κ3) is 2.75. The van der Waals surface area contributed by atoms with Gasteiger partial charge in [-0.05, 0) is 35.0 Å². The van der Waals surface area contributed by atoms with Crippen LogP contribution < -0.4 is 4.18 Å². The molecule has 0 amide bonds. The number of benzene rings is 2. The molecule has 0 unspecified atom stereocenters. The van der Waals surface area contributed by atoms with Crippen LogP contribution in [0.25, 0.3) is 10.8 Å². The summed E-state index contributed by atoms with van der Waals surface area (Å²) < 4.78 is 37.0. The smallest absolute Gasteiger partial charge is 0.478 e. The largest absolute Gasteiger partial charge is 0.488 e. The fourth-order valence-corrected chi connectivity index (χ4v) is 1.86. The van der Waals surface area contributed by atoms with Crippen LogP contribution in [0.15, 0.2) is 36.4 Å². The average Bonchev–Trinajstić information content (AvgIpc) is 2.26. The van der Waals surface area contributed by atoms with Crippen molar-refractivity contribution in [3.8, 4) is 5.75 Å². The number of hydrogen-bond donors (Lipinski definition) is 1. The molecule has 0 aromatic heterocycles. The highest BCUT2D eigenvalue weighted by atomic mass is 32.3. The Balaban J connectivity index is 2.47. The standard InChI is InChI=1S/C11H7FO5S/c12-18(15,16)17-10-4-3-7-5-9(11(13)14)2-1-8(7)6-10/h1-6H,(H,13,14). The number of carboxylic acid groups (broad SMARTS) is 1. The van der Waals surface area contributed by atoms with E-state index in [4.69, 9.17) is 5.11 Å². The Morgan fingerprint density at radius 1 is 1.11 bits per heavy atom. The lowest BCUT2D eigenvalue weighted by Gasteiger charge is -2.03. The van der Waals surface area contributed by atoms with E-state index in [2.05, 4.69) is 4.18 Å². The van der Waals surface area contributed by atoms with Crippen LogP contribution in [0.4, 0.5) is 3.89 Å². The van der Waals surface area contributed by atoms with Crippen molar-refractivity contribution >= 4 is 27.2 Å². The van der Waals surface area contributed by atoms with Crippen molar-refractivity contribution in [1.29, 1.82) is 0 Å². The minimum atomic E-state index is -5.06. The predicted molar refractivity (Wildman–Crippen MR) is 61.6 cm³/mol. The van der Waals surface area contributed by atoms with Crippen LogP contribution in [0.5, 0.6) is 5.75 Å². The Labute approximate surface area is 102 Å². The normalized spacial score (nSPS) is 11.4. The summed E-state index contributed by atoms with van der Waals surface area (Å²) in [5.74, 6) is -1.24. The molecule has 0 aliphatic rings. The molecular formula is C11H7FO5S. The summed E-state index contributed by atoms with van der Waals surface area (Å²) in [6, 6.07) is 8.26. The predicted octanol–water partition coefficient (Wildman–Crippen LogP) is 2.13. The molecule has 1 N–H and O–H groups in total. The maximum atomic E-state index is 12.3. The summed E-state index contributed by atoms with van der Waals surface area (Å²) in [4.78, 5) is 10.7. The van der Waals surface area contributed by atoms with Crippen molar-refractivity contribution in [3.05, 3.63) is 42.0 Å². The second-order valence-corrected chi connectivity index (χ2v) is 4.46. The molecule has 5 nitrogen and oxygen atoms in total. The highest BCUT2D eigenvalue weighted by molar-refractivity contribution is 7.81. The maximum absolute atomic E-state index is 12.3. The molecule has 2 aromatic rings. The Morgan fingerprint density at radius 3 is 2.33 bits per heavy atom. The summed E-state index contributed by atoms with van der Waals surface area (Å²) in [5, 5.41) is 9.92. The van der Waals surface area contributed by atoms with Crippen LogP contribution in [0.1, 0.15) is 10.4 Å². The molecule has 0 atom stereocenters. The molecule has 0 spiro atoms. The second-order valence-electron chi connectivity index (χ2n) is 3.51. The first-order valence-electron chi connectivity index (χ1n) is 4.76. The average molecular weight is 270 g/mol. The van der Waals surface area contributed by atoms with E-state index >= 15 is 0 Å². The van der Waals surface area contributed by atoms with Crippen LogP contribution in [-0.2, 0) is 10.5 Å². The van der Waals surface area contributed by atoms with E-state index in [1.165, 1.54) is 36.4 Å². The van der Waals surface area contributed by atoms with Gasteiger partial charge in [0.2, 0.25) is 0 Å². The van der Waals surface area contributed by atoms with E-state index in [0.29, 0.717) is 10.8 Å². The SMILES string of the molecule is O=C(O)c1ccc2cc(OS(=O)(=O)F)ccc2c1. The van der Waals surface area contributed by atoms with E-state index in [-0.39, 0.29) is 11.3 Å². The van der Waals surface area contributed by atoms with Gasteiger partial charge >= 0.3 is 16.5 Å². The van der Waals surface area contributed by atoms with E-state index in [9.17, 15) is 17.1 Å². The molecule has 2 aromatic carbocycles. The summed E-state index contributed by atoms with van der Waals surface area (Å²) in [5.41, 5.74) is 0.106. The van der Waals surface area contributed by atoms with E-state index in [1.807, 2.05) is 0 Å². The molecule has 0 aliphatic carbocycles. The third-order valence-electron chi connectivity index (χ3n) is 2.25. The van der Waals surface area contributed by atoms with Crippen molar-refractivity contribution in [2.24, 2.45) is 0 Å². The molecule has 0 heterocycles. The maximum Gasteiger partial charge on any atom is 0.488 e. The monoisotopic (exact) mass is 270 g/mol. The van der Waals surface area contributed by atoms with Gasteiger partial charge in [-0.1, -0.05) is 16.0 Å². The molecule has 7 heteroatoms. The number of carbonyl (C=O) groups is 1. The molecule has 0 saturated heterocycles. The van der Waals surface area contributed by atoms with Crippen molar-refractivity contribution in [2.75, 3.05) is 0 Å². The fraction of sp³-hybridized carbons (Fsp3) is 0. The number of rotatable bonds is 3. The van der Waals surface area contributed by atoms with Gasteiger partial charge in [0, 0.05) is 0 Å². The lowest BCUT2D eigenvalue weighted by Crippen LogP contribution is -2.01. The van der Waals surface area contributed by atoms with Gasteiger partial charge in [0.15, 0.2) is 0 Å². The van der Waals surface area contributed by atoms with Crippen LogP contribution in [-0.4, -0.2) is 19.5 Å². The molecule has 18 heavy (non-hydrogen) atoms. The highest BCUT2D eigenvalue weighted by Crippen LogP contribution is 2.23. The molecule has 0 saturated carbocycles. The molecule has 0 fully saturated rings. The van der Waals surface area contributed by atoms with Gasteiger partial charge in [-0.15, -0.1) is 0 Å². The molecule has 0 bridgehead atoms. The summed E-state index contributed by atoms with van der Waals surface area (Å²) in [6.07, 6.45) is 0. The first kappa shape index (κ1) is 12.3. The van der Waals surface area contributed by atoms with Gasteiger partial charge in [0.25, 0.3) is 0 Å². The van der Waals surface area contributed by atoms with Gasteiger partial charge in [-0.25, -0.2) is 4.79 Å². The van der Waals surface area contributed by atoms with Crippen molar-refractivity contribution in [1.82, 2.24) is 0 Å². The third-order valence-corrected chi connectivity index (χ3v) is 2.65. The Hall–Kier alpha value is -2.15. The first-order valence-corrected chi connectivity index (χ1v) is 6.07. The minimum Gasteiger partial charge on any atom is -0.478 e. The zero-order valence-corrected chi connectivity index (χ0v) is 9.65. The van der Waals surface area contributed by atoms with E-state index < -0.39 is 16.5 Å². The quantitative estimate of drug-likeness (QED) is 0.864. The van der Waals surface area contributed by atoms with Crippen LogP contribution >= 0.6 is 0 Å². The number of aromatic carboxylic acids is 1. The summed E-state index contributed by atoms with van der Waals surface area (Å²) in [6.45, 7) is 0. The second kappa shape index (κ2) is 4.26. The van der Waals surface area contributed by atoms with Gasteiger partial charge < -0.3 is 9.29 Å². The fourth-order valence-electron chi connectivity index (χ4n) is 1.52. The van der Waals surface area contributed by atoms with E-state index in [1.54, 1.807) is 0 Å². The topological polar surface area (TPSA) is 80.7 Å². The summed E-state index contributed by atoms with van der Waals surface area (Å²) in [7, 11) is -5.06. The minimum absolute atomic E-state index is 0.106. The lowest BCUT2D eigenvalue weighted by atomic mass is 10.1. The molecule has 94 valence electrons. The number of hydrogen-bond acceptors (Lipinski definition) is 4. The highest BCUT2D eigenvalue weighted by Gasteiger charge is 2.10. The number of fused-ring (bicyclic) bond motifs is 1. The molecular weight excluding hydrogens is 263 g/mol. The zero-order valence-electron chi connectivity index (χ0n) is 8.83. The van der Waals surface area contributed by atoms with Crippen molar-refractivity contribution in [3.63, 3.8) is 0 Å². The van der Waals surface area contributed by atoms with E-state index in [0.717, 1.165) is 0 Å². The van der Waals surface area contributed by atoms with Gasteiger partial charge in [-0.3, -0.25) is 0 Å². The Bertz CT molecular complexity index is 723. The Kier molecular flexibility index (Phi) is 2.92. The van der Waals surface area contributed by atoms with Crippen LogP contribution in [0.3, 0.4) is 0 Å². The van der Waals surface area contributed by atoms with Crippen LogP contribution in [0, 0.1) is 0 Å². The van der Waals surface area contributed by atoms with Gasteiger partial charge in [0.1, 0.15) is 5.75 Å². The van der Waals surface area contributed by atoms with Crippen LogP contribution in [0.2, 0.25) is 0 Å². The first-order chi connectivity index (χ1) is 8.35.